The lowest BCUT2D eigenvalue weighted by atomic mass is 9.94. The number of nitrogens with one attached hydrogen (secondary N) is 2. The summed E-state index contributed by atoms with van der Waals surface area (Å²) in [6.07, 6.45) is 1.20. The third kappa shape index (κ3) is 3.88. The summed E-state index contributed by atoms with van der Waals surface area (Å²) in [7, 11) is 0. The SMILES string of the molecule is CCNc1nc(NCC2(O)CCOCC2)c(Cl)cc1Cl. The van der Waals surface area contributed by atoms with Crippen molar-refractivity contribution in [3.05, 3.63) is 16.1 Å². The first-order valence-electron chi connectivity index (χ1n) is 6.68. The molecule has 0 saturated carbocycles. The summed E-state index contributed by atoms with van der Waals surface area (Å²) in [6.45, 7) is 4.21. The van der Waals surface area contributed by atoms with Crippen LogP contribution in [0.15, 0.2) is 6.07 Å². The monoisotopic (exact) mass is 319 g/mol. The van der Waals surface area contributed by atoms with Crippen LogP contribution in [0, 0.1) is 0 Å². The molecule has 20 heavy (non-hydrogen) atoms. The lowest BCUT2D eigenvalue weighted by Crippen LogP contribution is -2.42. The number of halogens is 2. The lowest BCUT2D eigenvalue weighted by Gasteiger charge is -2.32. The molecule has 1 saturated heterocycles. The quantitative estimate of drug-likeness (QED) is 0.778. The molecule has 1 aliphatic rings. The fourth-order valence-corrected chi connectivity index (χ4v) is 2.55. The maximum absolute atomic E-state index is 10.4. The van der Waals surface area contributed by atoms with Crippen LogP contribution >= 0.6 is 23.2 Å². The third-order valence-corrected chi connectivity index (χ3v) is 3.86. The Morgan fingerprint density at radius 2 is 1.85 bits per heavy atom. The lowest BCUT2D eigenvalue weighted by molar-refractivity contribution is -0.0543. The number of hydrogen-bond acceptors (Lipinski definition) is 5. The van der Waals surface area contributed by atoms with Crippen LogP contribution in [0.3, 0.4) is 0 Å². The van der Waals surface area contributed by atoms with Gasteiger partial charge in [-0.25, -0.2) is 4.98 Å². The van der Waals surface area contributed by atoms with Gasteiger partial charge >= 0.3 is 0 Å². The smallest absolute Gasteiger partial charge is 0.147 e. The zero-order valence-corrected chi connectivity index (χ0v) is 12.9. The van der Waals surface area contributed by atoms with Crippen LogP contribution in [0.1, 0.15) is 19.8 Å². The molecule has 3 N–H and O–H groups in total. The van der Waals surface area contributed by atoms with Gasteiger partial charge in [-0.3, -0.25) is 0 Å². The van der Waals surface area contributed by atoms with Crippen LogP contribution in [0.5, 0.6) is 0 Å². The molecule has 2 heterocycles. The van der Waals surface area contributed by atoms with E-state index >= 15 is 0 Å². The molecule has 1 aliphatic heterocycles. The number of rotatable bonds is 5. The predicted octanol–water partition coefficient (Wildman–Crippen LogP) is 2.77. The summed E-state index contributed by atoms with van der Waals surface area (Å²) in [5.74, 6) is 1.10. The number of ether oxygens (including phenoxy) is 1. The Labute approximate surface area is 128 Å². The Hall–Kier alpha value is -0.750. The Balaban J connectivity index is 2.06. The summed E-state index contributed by atoms with van der Waals surface area (Å²) >= 11 is 12.2. The molecule has 1 fully saturated rings. The molecule has 2 rings (SSSR count). The van der Waals surface area contributed by atoms with Crippen LogP contribution < -0.4 is 10.6 Å². The van der Waals surface area contributed by atoms with Crippen LogP contribution in [0.4, 0.5) is 11.6 Å². The van der Waals surface area contributed by atoms with E-state index < -0.39 is 5.60 Å². The molecule has 0 bridgehead atoms. The van der Waals surface area contributed by atoms with Crippen molar-refractivity contribution in [2.45, 2.75) is 25.4 Å². The van der Waals surface area contributed by atoms with Crippen molar-refractivity contribution in [1.29, 1.82) is 0 Å². The molecule has 5 nitrogen and oxygen atoms in total. The maximum atomic E-state index is 10.4. The first-order chi connectivity index (χ1) is 9.54. The molecule has 1 aromatic heterocycles. The summed E-state index contributed by atoms with van der Waals surface area (Å²) in [5.41, 5.74) is -0.777. The van der Waals surface area contributed by atoms with Gasteiger partial charge in [-0.05, 0) is 13.0 Å². The topological polar surface area (TPSA) is 66.4 Å². The number of pyridine rings is 1. The van der Waals surface area contributed by atoms with Crippen molar-refractivity contribution >= 4 is 34.8 Å². The van der Waals surface area contributed by atoms with Crippen molar-refractivity contribution in [3.63, 3.8) is 0 Å². The first kappa shape index (κ1) is 15.6. The molecular formula is C13H19Cl2N3O2. The second-order valence-corrected chi connectivity index (χ2v) is 5.68. The number of aliphatic hydroxyl groups is 1. The molecule has 0 aliphatic carbocycles. The normalized spacial score (nSPS) is 17.8. The fourth-order valence-electron chi connectivity index (χ4n) is 2.06. The van der Waals surface area contributed by atoms with E-state index in [1.807, 2.05) is 6.92 Å². The minimum absolute atomic E-state index is 0.385. The summed E-state index contributed by atoms with van der Waals surface area (Å²) in [5, 5.41) is 17.5. The van der Waals surface area contributed by atoms with Gasteiger partial charge in [-0.15, -0.1) is 0 Å². The van der Waals surface area contributed by atoms with E-state index in [2.05, 4.69) is 15.6 Å². The highest BCUT2D eigenvalue weighted by Crippen LogP contribution is 2.30. The molecule has 7 heteroatoms. The first-order valence-corrected chi connectivity index (χ1v) is 7.43. The van der Waals surface area contributed by atoms with Crippen LogP contribution in [0.25, 0.3) is 0 Å². The van der Waals surface area contributed by atoms with Gasteiger partial charge in [0, 0.05) is 39.1 Å². The fraction of sp³-hybridized carbons (Fsp3) is 0.615. The van der Waals surface area contributed by atoms with Crippen molar-refractivity contribution in [2.75, 3.05) is 36.9 Å². The third-order valence-electron chi connectivity index (χ3n) is 3.28. The second kappa shape index (κ2) is 6.80. The molecule has 0 unspecified atom stereocenters. The Morgan fingerprint density at radius 3 is 2.45 bits per heavy atom. The van der Waals surface area contributed by atoms with Crippen LogP contribution in [-0.2, 0) is 4.74 Å². The van der Waals surface area contributed by atoms with Gasteiger partial charge in [-0.1, -0.05) is 23.2 Å². The molecule has 0 atom stereocenters. The van der Waals surface area contributed by atoms with E-state index in [-0.39, 0.29) is 0 Å². The van der Waals surface area contributed by atoms with E-state index in [4.69, 9.17) is 27.9 Å². The molecule has 1 aromatic rings. The average molecular weight is 320 g/mol. The van der Waals surface area contributed by atoms with Crippen molar-refractivity contribution < 1.29 is 9.84 Å². The van der Waals surface area contributed by atoms with Gasteiger partial charge in [0.1, 0.15) is 11.6 Å². The minimum Gasteiger partial charge on any atom is -0.388 e. The van der Waals surface area contributed by atoms with E-state index in [1.165, 1.54) is 0 Å². The van der Waals surface area contributed by atoms with Gasteiger partial charge < -0.3 is 20.5 Å². The average Bonchev–Trinajstić information content (AvgIpc) is 2.41. The Bertz CT molecular complexity index is 465. The number of nitrogens with zero attached hydrogens (tertiary/aromatic N) is 1. The summed E-state index contributed by atoms with van der Waals surface area (Å²) in [6, 6.07) is 1.64. The Morgan fingerprint density at radius 1 is 1.25 bits per heavy atom. The number of aromatic nitrogens is 1. The molecule has 0 radical (unpaired) electrons. The van der Waals surface area contributed by atoms with E-state index in [0.29, 0.717) is 54.3 Å². The van der Waals surface area contributed by atoms with E-state index in [1.54, 1.807) is 6.07 Å². The van der Waals surface area contributed by atoms with E-state index in [9.17, 15) is 5.11 Å². The highest BCUT2D eigenvalue weighted by molar-refractivity contribution is 6.37. The molecule has 0 spiro atoms. The van der Waals surface area contributed by atoms with Crippen molar-refractivity contribution in [2.24, 2.45) is 0 Å². The molecule has 0 aromatic carbocycles. The molecular weight excluding hydrogens is 301 g/mol. The van der Waals surface area contributed by atoms with Crippen LogP contribution in [-0.4, -0.2) is 42.0 Å². The number of hydrogen-bond donors (Lipinski definition) is 3. The maximum Gasteiger partial charge on any atom is 0.147 e. The van der Waals surface area contributed by atoms with Crippen molar-refractivity contribution in [3.8, 4) is 0 Å². The second-order valence-electron chi connectivity index (χ2n) is 4.87. The standard InChI is InChI=1S/C13H19Cl2N3O2/c1-2-16-11-9(14)7-10(15)12(18-11)17-8-13(19)3-5-20-6-4-13/h7,19H,2-6,8H2,1H3,(H2,16,17,18). The molecule has 112 valence electrons. The summed E-state index contributed by atoms with van der Waals surface area (Å²) in [4.78, 5) is 4.35. The zero-order valence-electron chi connectivity index (χ0n) is 11.4. The predicted molar refractivity (Wildman–Crippen MR) is 81.9 cm³/mol. The van der Waals surface area contributed by atoms with Gasteiger partial charge in [-0.2, -0.15) is 0 Å². The van der Waals surface area contributed by atoms with Gasteiger partial charge in [0.2, 0.25) is 0 Å². The molecule has 0 amide bonds. The van der Waals surface area contributed by atoms with Gasteiger partial charge in [0.15, 0.2) is 0 Å². The van der Waals surface area contributed by atoms with Crippen LogP contribution in [0.2, 0.25) is 10.0 Å². The highest BCUT2D eigenvalue weighted by Gasteiger charge is 2.29. The number of anilines is 2. The van der Waals surface area contributed by atoms with Gasteiger partial charge in [0.05, 0.1) is 15.6 Å². The van der Waals surface area contributed by atoms with Crippen molar-refractivity contribution in [1.82, 2.24) is 4.98 Å². The minimum atomic E-state index is -0.777. The Kier molecular flexibility index (Phi) is 5.32. The van der Waals surface area contributed by atoms with E-state index in [0.717, 1.165) is 6.54 Å². The van der Waals surface area contributed by atoms with Gasteiger partial charge in [0.25, 0.3) is 0 Å². The summed E-state index contributed by atoms with van der Waals surface area (Å²) < 4.78 is 5.25. The largest absolute Gasteiger partial charge is 0.388 e. The zero-order chi connectivity index (χ0) is 14.6. The highest BCUT2D eigenvalue weighted by atomic mass is 35.5.